The molecule has 106 valence electrons. The van der Waals surface area contributed by atoms with Crippen molar-refractivity contribution in [3.8, 4) is 0 Å². The Hall–Kier alpha value is -2.14. The van der Waals surface area contributed by atoms with Crippen LogP contribution in [0.5, 0.6) is 0 Å². The zero-order valence-electron chi connectivity index (χ0n) is 11.8. The van der Waals surface area contributed by atoms with Crippen molar-refractivity contribution in [1.82, 2.24) is 10.3 Å². The van der Waals surface area contributed by atoms with E-state index in [0.717, 1.165) is 11.1 Å². The minimum Gasteiger partial charge on any atom is -0.435 e. The number of oxazole rings is 1. The second-order valence-corrected chi connectivity index (χ2v) is 4.58. The molecule has 0 aliphatic carbocycles. The topological polar surface area (TPSA) is 81.2 Å². The number of aromatic nitrogens is 1. The van der Waals surface area contributed by atoms with E-state index in [-0.39, 0.29) is 5.91 Å². The van der Waals surface area contributed by atoms with Crippen molar-refractivity contribution in [1.29, 1.82) is 0 Å². The number of carbonyl (C=O) groups is 1. The standard InChI is InChI=1S/C15H19N3O2/c1-3-13-18-10(2)14(20-13)15(19)17-9-12-6-4-11(8-16)5-7-12/h4-7H,3,8-9,16H2,1-2H3,(H,17,19). The third kappa shape index (κ3) is 3.24. The second kappa shape index (κ2) is 6.34. The van der Waals surface area contributed by atoms with Gasteiger partial charge in [0.15, 0.2) is 5.89 Å². The molecule has 0 atom stereocenters. The Kier molecular flexibility index (Phi) is 4.53. The smallest absolute Gasteiger partial charge is 0.289 e. The fourth-order valence-corrected chi connectivity index (χ4v) is 1.87. The fraction of sp³-hybridized carbons (Fsp3) is 0.333. The summed E-state index contributed by atoms with van der Waals surface area (Å²) < 4.78 is 5.41. The lowest BCUT2D eigenvalue weighted by Crippen LogP contribution is -2.23. The number of aryl methyl sites for hydroxylation is 2. The highest BCUT2D eigenvalue weighted by molar-refractivity contribution is 5.92. The first-order valence-electron chi connectivity index (χ1n) is 6.66. The van der Waals surface area contributed by atoms with Crippen molar-refractivity contribution in [2.45, 2.75) is 33.4 Å². The normalized spacial score (nSPS) is 10.6. The molecule has 0 aliphatic heterocycles. The summed E-state index contributed by atoms with van der Waals surface area (Å²) in [5, 5.41) is 2.83. The number of hydrogen-bond acceptors (Lipinski definition) is 4. The molecule has 1 heterocycles. The Bertz CT molecular complexity index is 588. The van der Waals surface area contributed by atoms with Gasteiger partial charge in [-0.05, 0) is 18.1 Å². The van der Waals surface area contributed by atoms with Crippen LogP contribution in [-0.2, 0) is 19.5 Å². The molecule has 1 aromatic carbocycles. The molecule has 2 rings (SSSR count). The van der Waals surface area contributed by atoms with Crippen LogP contribution in [0.25, 0.3) is 0 Å². The summed E-state index contributed by atoms with van der Waals surface area (Å²) in [5.41, 5.74) is 8.25. The summed E-state index contributed by atoms with van der Waals surface area (Å²) in [6, 6.07) is 7.81. The van der Waals surface area contributed by atoms with Gasteiger partial charge in [0.1, 0.15) is 0 Å². The predicted octanol–water partition coefficient (Wildman–Crippen LogP) is 1.93. The summed E-state index contributed by atoms with van der Waals surface area (Å²) in [5.74, 6) is 0.637. The van der Waals surface area contributed by atoms with Gasteiger partial charge in [-0.15, -0.1) is 0 Å². The molecule has 0 saturated heterocycles. The van der Waals surface area contributed by atoms with Crippen LogP contribution in [0.1, 0.15) is 40.2 Å². The van der Waals surface area contributed by atoms with Crippen LogP contribution < -0.4 is 11.1 Å². The van der Waals surface area contributed by atoms with Crippen LogP contribution in [0.4, 0.5) is 0 Å². The van der Waals surface area contributed by atoms with Gasteiger partial charge in [-0.25, -0.2) is 4.98 Å². The van der Waals surface area contributed by atoms with E-state index in [0.29, 0.717) is 36.9 Å². The Balaban J connectivity index is 1.98. The summed E-state index contributed by atoms with van der Waals surface area (Å²) in [7, 11) is 0. The molecular formula is C15H19N3O2. The minimum atomic E-state index is -0.238. The molecule has 0 fully saturated rings. The molecule has 5 nitrogen and oxygen atoms in total. The van der Waals surface area contributed by atoms with Crippen molar-refractivity contribution in [2.75, 3.05) is 0 Å². The number of amides is 1. The number of hydrogen-bond donors (Lipinski definition) is 2. The zero-order valence-corrected chi connectivity index (χ0v) is 11.8. The van der Waals surface area contributed by atoms with Crippen LogP contribution in [0.3, 0.4) is 0 Å². The van der Waals surface area contributed by atoms with E-state index >= 15 is 0 Å². The maximum Gasteiger partial charge on any atom is 0.289 e. The predicted molar refractivity (Wildman–Crippen MR) is 76.1 cm³/mol. The number of nitrogens with one attached hydrogen (secondary N) is 1. The minimum absolute atomic E-state index is 0.238. The number of rotatable bonds is 5. The molecule has 0 bridgehead atoms. The number of nitrogens with two attached hydrogens (primary N) is 1. The highest BCUT2D eigenvalue weighted by atomic mass is 16.4. The van der Waals surface area contributed by atoms with Crippen molar-refractivity contribution in [3.05, 3.63) is 52.7 Å². The average molecular weight is 273 g/mol. The van der Waals surface area contributed by atoms with Gasteiger partial charge in [0.2, 0.25) is 5.76 Å². The van der Waals surface area contributed by atoms with Crippen LogP contribution in [0.2, 0.25) is 0 Å². The maximum absolute atomic E-state index is 12.0. The Morgan fingerprint density at radius 2 is 1.95 bits per heavy atom. The lowest BCUT2D eigenvalue weighted by Gasteiger charge is -2.04. The number of benzene rings is 1. The maximum atomic E-state index is 12.0. The fourth-order valence-electron chi connectivity index (χ4n) is 1.87. The molecule has 1 aromatic heterocycles. The molecule has 0 radical (unpaired) electrons. The van der Waals surface area contributed by atoms with Gasteiger partial charge in [-0.1, -0.05) is 31.2 Å². The molecule has 2 aromatic rings. The molecule has 3 N–H and O–H groups in total. The van der Waals surface area contributed by atoms with E-state index in [1.807, 2.05) is 31.2 Å². The lowest BCUT2D eigenvalue weighted by molar-refractivity contribution is 0.0920. The summed E-state index contributed by atoms with van der Waals surface area (Å²) in [4.78, 5) is 16.2. The van der Waals surface area contributed by atoms with E-state index in [4.69, 9.17) is 10.2 Å². The van der Waals surface area contributed by atoms with Gasteiger partial charge in [0, 0.05) is 19.5 Å². The van der Waals surface area contributed by atoms with Crippen molar-refractivity contribution >= 4 is 5.91 Å². The average Bonchev–Trinajstić information content (AvgIpc) is 2.86. The van der Waals surface area contributed by atoms with Gasteiger partial charge in [-0.3, -0.25) is 4.79 Å². The molecule has 0 aliphatic rings. The van der Waals surface area contributed by atoms with Gasteiger partial charge in [0.25, 0.3) is 5.91 Å². The van der Waals surface area contributed by atoms with Crippen LogP contribution in [-0.4, -0.2) is 10.9 Å². The van der Waals surface area contributed by atoms with Crippen LogP contribution in [0, 0.1) is 6.92 Å². The zero-order chi connectivity index (χ0) is 14.5. The van der Waals surface area contributed by atoms with Crippen molar-refractivity contribution in [3.63, 3.8) is 0 Å². The highest BCUT2D eigenvalue weighted by Gasteiger charge is 2.16. The number of carbonyl (C=O) groups excluding carboxylic acids is 1. The van der Waals surface area contributed by atoms with Crippen molar-refractivity contribution in [2.24, 2.45) is 5.73 Å². The summed E-state index contributed by atoms with van der Waals surface area (Å²) in [6.07, 6.45) is 0.675. The molecule has 20 heavy (non-hydrogen) atoms. The van der Waals surface area contributed by atoms with Gasteiger partial charge < -0.3 is 15.5 Å². The molecule has 0 saturated carbocycles. The monoisotopic (exact) mass is 273 g/mol. The third-order valence-corrected chi connectivity index (χ3v) is 3.06. The van der Waals surface area contributed by atoms with E-state index in [1.165, 1.54) is 0 Å². The van der Waals surface area contributed by atoms with E-state index in [9.17, 15) is 4.79 Å². The molecule has 5 heteroatoms. The molecule has 1 amide bonds. The van der Waals surface area contributed by atoms with Crippen LogP contribution in [0.15, 0.2) is 28.7 Å². The molecule has 0 unspecified atom stereocenters. The first kappa shape index (κ1) is 14.3. The summed E-state index contributed by atoms with van der Waals surface area (Å²) in [6.45, 7) is 4.68. The van der Waals surface area contributed by atoms with E-state index < -0.39 is 0 Å². The largest absolute Gasteiger partial charge is 0.435 e. The van der Waals surface area contributed by atoms with E-state index in [2.05, 4.69) is 10.3 Å². The van der Waals surface area contributed by atoms with Gasteiger partial charge >= 0.3 is 0 Å². The third-order valence-electron chi connectivity index (χ3n) is 3.06. The van der Waals surface area contributed by atoms with Gasteiger partial charge in [0.05, 0.1) is 5.69 Å². The van der Waals surface area contributed by atoms with Crippen LogP contribution >= 0.6 is 0 Å². The Labute approximate surface area is 118 Å². The number of nitrogens with zero attached hydrogens (tertiary/aromatic N) is 1. The van der Waals surface area contributed by atoms with Gasteiger partial charge in [-0.2, -0.15) is 0 Å². The first-order valence-corrected chi connectivity index (χ1v) is 6.66. The Morgan fingerprint density at radius 3 is 2.50 bits per heavy atom. The SMILES string of the molecule is CCc1nc(C)c(C(=O)NCc2ccc(CN)cc2)o1. The summed E-state index contributed by atoms with van der Waals surface area (Å²) >= 11 is 0. The molecular weight excluding hydrogens is 254 g/mol. The lowest BCUT2D eigenvalue weighted by atomic mass is 10.1. The van der Waals surface area contributed by atoms with E-state index in [1.54, 1.807) is 6.92 Å². The first-order chi connectivity index (χ1) is 9.63. The second-order valence-electron chi connectivity index (χ2n) is 4.58. The molecule has 0 spiro atoms. The van der Waals surface area contributed by atoms with Crippen molar-refractivity contribution < 1.29 is 9.21 Å². The highest BCUT2D eigenvalue weighted by Crippen LogP contribution is 2.11. The quantitative estimate of drug-likeness (QED) is 0.872. The Morgan fingerprint density at radius 1 is 1.30 bits per heavy atom.